The van der Waals surface area contributed by atoms with Crippen molar-refractivity contribution >= 4 is 27.9 Å². The van der Waals surface area contributed by atoms with Gasteiger partial charge in [0.2, 0.25) is 0 Å². The van der Waals surface area contributed by atoms with Crippen LogP contribution in [0.4, 0.5) is 0 Å². The standard InChI is InChI=1S/C10H12N4OS/c1-7(11)16-10(12)14-9(15)5-8-3-2-4-13-6-8/h2-4,6,11H,5H2,1H3,(H2,12,14,15). The van der Waals surface area contributed by atoms with Crippen molar-refractivity contribution in [2.45, 2.75) is 13.3 Å². The van der Waals surface area contributed by atoms with Crippen molar-refractivity contribution in [1.82, 2.24) is 4.98 Å². The molecule has 1 rings (SSSR count). The number of carbonyl (C=O) groups is 1. The molecule has 1 aromatic rings. The Balaban J connectivity index is 2.57. The topological polar surface area (TPSA) is 92.2 Å². The molecule has 0 aromatic carbocycles. The summed E-state index contributed by atoms with van der Waals surface area (Å²) in [6.45, 7) is 1.58. The molecule has 0 aliphatic carbocycles. The number of hydrogen-bond donors (Lipinski definition) is 2. The highest BCUT2D eigenvalue weighted by Gasteiger charge is 2.04. The van der Waals surface area contributed by atoms with Crippen LogP contribution in [0, 0.1) is 5.41 Å². The highest BCUT2D eigenvalue weighted by atomic mass is 32.2. The molecule has 3 N–H and O–H groups in total. The Morgan fingerprint density at radius 2 is 2.44 bits per heavy atom. The van der Waals surface area contributed by atoms with Gasteiger partial charge in [-0.05, 0) is 30.3 Å². The van der Waals surface area contributed by atoms with Crippen LogP contribution < -0.4 is 5.73 Å². The predicted molar refractivity (Wildman–Crippen MR) is 65.6 cm³/mol. The molecule has 0 spiro atoms. The lowest BCUT2D eigenvalue weighted by Gasteiger charge is -1.98. The van der Waals surface area contributed by atoms with Gasteiger partial charge in [0.1, 0.15) is 0 Å². The zero-order valence-corrected chi connectivity index (χ0v) is 9.62. The first kappa shape index (κ1) is 12.4. The van der Waals surface area contributed by atoms with E-state index in [1.807, 2.05) is 0 Å². The van der Waals surface area contributed by atoms with Crippen molar-refractivity contribution in [3.05, 3.63) is 30.1 Å². The molecule has 0 saturated carbocycles. The lowest BCUT2D eigenvalue weighted by atomic mass is 10.2. The minimum atomic E-state index is -0.334. The molecule has 0 fully saturated rings. The number of amidine groups is 1. The zero-order valence-electron chi connectivity index (χ0n) is 8.80. The first-order valence-corrected chi connectivity index (χ1v) is 5.38. The fraction of sp³-hybridized carbons (Fsp3) is 0.200. The Kier molecular flexibility index (Phi) is 4.65. The summed E-state index contributed by atoms with van der Waals surface area (Å²) in [7, 11) is 0. The van der Waals surface area contributed by atoms with Crippen LogP contribution in [0.1, 0.15) is 12.5 Å². The molecule has 0 aliphatic rings. The van der Waals surface area contributed by atoms with E-state index in [2.05, 4.69) is 9.98 Å². The minimum Gasteiger partial charge on any atom is -0.378 e. The third kappa shape index (κ3) is 4.70. The zero-order chi connectivity index (χ0) is 12.0. The largest absolute Gasteiger partial charge is 0.378 e. The lowest BCUT2D eigenvalue weighted by molar-refractivity contribution is -0.117. The van der Waals surface area contributed by atoms with Gasteiger partial charge in [0.15, 0.2) is 5.17 Å². The van der Waals surface area contributed by atoms with Gasteiger partial charge < -0.3 is 5.73 Å². The summed E-state index contributed by atoms with van der Waals surface area (Å²) in [5, 5.41) is 7.57. The molecule has 0 radical (unpaired) electrons. The van der Waals surface area contributed by atoms with Crippen LogP contribution in [0.25, 0.3) is 0 Å². The second-order valence-corrected chi connectivity index (χ2v) is 4.27. The molecule has 0 atom stereocenters. The van der Waals surface area contributed by atoms with Crippen LogP contribution >= 0.6 is 11.8 Å². The van der Waals surface area contributed by atoms with Gasteiger partial charge in [-0.3, -0.25) is 15.2 Å². The fourth-order valence-electron chi connectivity index (χ4n) is 1.02. The third-order valence-corrected chi connectivity index (χ3v) is 2.18. The molecule has 5 nitrogen and oxygen atoms in total. The molecule has 0 aliphatic heterocycles. The number of carbonyl (C=O) groups excluding carboxylic acids is 1. The van der Waals surface area contributed by atoms with E-state index in [1.165, 1.54) is 0 Å². The van der Waals surface area contributed by atoms with Crippen molar-refractivity contribution in [2.24, 2.45) is 10.7 Å². The molecule has 84 valence electrons. The number of nitrogens with zero attached hydrogens (tertiary/aromatic N) is 2. The first-order chi connectivity index (χ1) is 7.58. The SMILES string of the molecule is CC(=N)SC(N)=NC(=O)Cc1cccnc1. The summed E-state index contributed by atoms with van der Waals surface area (Å²) in [4.78, 5) is 19.0. The van der Waals surface area contributed by atoms with Crippen LogP contribution in [0.2, 0.25) is 0 Å². The first-order valence-electron chi connectivity index (χ1n) is 4.57. The Morgan fingerprint density at radius 3 is 3.00 bits per heavy atom. The van der Waals surface area contributed by atoms with E-state index in [0.29, 0.717) is 5.04 Å². The van der Waals surface area contributed by atoms with E-state index in [9.17, 15) is 4.79 Å². The van der Waals surface area contributed by atoms with Crippen molar-refractivity contribution in [2.75, 3.05) is 0 Å². The predicted octanol–water partition coefficient (Wildman–Crippen LogP) is 1.20. The van der Waals surface area contributed by atoms with E-state index in [0.717, 1.165) is 17.3 Å². The second-order valence-electron chi connectivity index (χ2n) is 3.04. The quantitative estimate of drug-likeness (QED) is 0.596. The van der Waals surface area contributed by atoms with Crippen LogP contribution in [-0.2, 0) is 11.2 Å². The Bertz CT molecular complexity index is 416. The highest BCUT2D eigenvalue weighted by Crippen LogP contribution is 2.03. The summed E-state index contributed by atoms with van der Waals surface area (Å²) in [5.41, 5.74) is 6.26. The van der Waals surface area contributed by atoms with Crippen LogP contribution in [-0.4, -0.2) is 21.1 Å². The van der Waals surface area contributed by atoms with E-state index >= 15 is 0 Å². The number of hydrogen-bond acceptors (Lipinski definition) is 4. The van der Waals surface area contributed by atoms with E-state index in [4.69, 9.17) is 11.1 Å². The molecule has 0 unspecified atom stereocenters. The number of rotatable bonds is 2. The van der Waals surface area contributed by atoms with Gasteiger partial charge in [0, 0.05) is 12.4 Å². The van der Waals surface area contributed by atoms with Gasteiger partial charge in [0.25, 0.3) is 5.91 Å². The molecule has 0 saturated heterocycles. The summed E-state index contributed by atoms with van der Waals surface area (Å²) in [6, 6.07) is 3.55. The van der Waals surface area contributed by atoms with Crippen molar-refractivity contribution in [3.8, 4) is 0 Å². The van der Waals surface area contributed by atoms with E-state index in [1.54, 1.807) is 31.5 Å². The molecule has 16 heavy (non-hydrogen) atoms. The molecule has 6 heteroatoms. The van der Waals surface area contributed by atoms with Gasteiger partial charge in [-0.2, -0.15) is 4.99 Å². The Labute approximate surface area is 97.7 Å². The average molecular weight is 236 g/mol. The summed E-state index contributed by atoms with van der Waals surface area (Å²) in [6.07, 6.45) is 3.42. The highest BCUT2D eigenvalue weighted by molar-refractivity contribution is 8.26. The molecule has 0 bridgehead atoms. The van der Waals surface area contributed by atoms with Crippen LogP contribution in [0.15, 0.2) is 29.5 Å². The number of thioether (sulfide) groups is 1. The molecule has 1 heterocycles. The number of aromatic nitrogens is 1. The molecule has 1 amide bonds. The third-order valence-electron chi connectivity index (χ3n) is 1.57. The fourth-order valence-corrected chi connectivity index (χ4v) is 1.48. The molecular weight excluding hydrogens is 224 g/mol. The Morgan fingerprint density at radius 1 is 1.69 bits per heavy atom. The van der Waals surface area contributed by atoms with Gasteiger partial charge >= 0.3 is 0 Å². The second kappa shape index (κ2) is 6.02. The van der Waals surface area contributed by atoms with Crippen molar-refractivity contribution in [3.63, 3.8) is 0 Å². The summed E-state index contributed by atoms with van der Waals surface area (Å²) in [5.74, 6) is -0.334. The van der Waals surface area contributed by atoms with Crippen molar-refractivity contribution in [1.29, 1.82) is 5.41 Å². The maximum absolute atomic E-state index is 11.4. The van der Waals surface area contributed by atoms with Crippen LogP contribution in [0.3, 0.4) is 0 Å². The van der Waals surface area contributed by atoms with Crippen LogP contribution in [0.5, 0.6) is 0 Å². The minimum absolute atomic E-state index is 0.0985. The Hall–Kier alpha value is -1.69. The normalized spacial score (nSPS) is 11.2. The monoisotopic (exact) mass is 236 g/mol. The average Bonchev–Trinajstić information content (AvgIpc) is 2.17. The van der Waals surface area contributed by atoms with Gasteiger partial charge in [-0.25, -0.2) is 0 Å². The number of amides is 1. The van der Waals surface area contributed by atoms with E-state index in [-0.39, 0.29) is 17.5 Å². The smallest absolute Gasteiger partial charge is 0.252 e. The van der Waals surface area contributed by atoms with Gasteiger partial charge in [0.05, 0.1) is 11.5 Å². The molecule has 1 aromatic heterocycles. The lowest BCUT2D eigenvalue weighted by Crippen LogP contribution is -2.12. The molecular formula is C10H12N4OS. The van der Waals surface area contributed by atoms with Gasteiger partial charge in [-0.1, -0.05) is 6.07 Å². The number of pyridine rings is 1. The maximum Gasteiger partial charge on any atom is 0.252 e. The number of nitrogens with two attached hydrogens (primary N) is 1. The summed E-state index contributed by atoms with van der Waals surface area (Å²) >= 11 is 0.968. The van der Waals surface area contributed by atoms with Gasteiger partial charge in [-0.15, -0.1) is 0 Å². The van der Waals surface area contributed by atoms with Crippen molar-refractivity contribution < 1.29 is 4.79 Å². The van der Waals surface area contributed by atoms with E-state index < -0.39 is 0 Å². The number of nitrogens with one attached hydrogen (secondary N) is 1. The maximum atomic E-state index is 11.4. The number of aliphatic imine (C=N–C) groups is 1. The summed E-state index contributed by atoms with van der Waals surface area (Å²) < 4.78 is 0.